The quantitative estimate of drug-likeness (QED) is 0.897. The number of para-hydroxylation sites is 1. The number of carbonyl (C=O) groups excluding carboxylic acids is 1. The van der Waals surface area contributed by atoms with Gasteiger partial charge in [0.15, 0.2) is 6.61 Å². The average molecular weight is 318 g/mol. The molecule has 0 radical (unpaired) electrons. The van der Waals surface area contributed by atoms with Gasteiger partial charge in [-0.25, -0.2) is 0 Å². The van der Waals surface area contributed by atoms with Crippen molar-refractivity contribution in [2.45, 2.75) is 26.8 Å². The summed E-state index contributed by atoms with van der Waals surface area (Å²) in [5.74, 6) is 0.337. The first-order chi connectivity index (χ1) is 10.5. The Labute approximate surface area is 136 Å². The van der Waals surface area contributed by atoms with Crippen molar-refractivity contribution in [1.82, 2.24) is 5.32 Å². The summed E-state index contributed by atoms with van der Waals surface area (Å²) in [4.78, 5) is 12.0. The van der Waals surface area contributed by atoms with E-state index < -0.39 is 0 Å². The van der Waals surface area contributed by atoms with Gasteiger partial charge in [-0.3, -0.25) is 4.79 Å². The van der Waals surface area contributed by atoms with E-state index in [4.69, 9.17) is 16.3 Å². The second-order valence-corrected chi connectivity index (χ2v) is 5.76. The summed E-state index contributed by atoms with van der Waals surface area (Å²) in [5, 5.41) is 3.42. The molecular formula is C18H20ClNO2. The number of aryl methyl sites for hydroxylation is 2. The van der Waals surface area contributed by atoms with Crippen LogP contribution in [0.2, 0.25) is 5.02 Å². The fourth-order valence-corrected chi connectivity index (χ4v) is 2.30. The zero-order valence-corrected chi connectivity index (χ0v) is 13.8. The van der Waals surface area contributed by atoms with Crippen LogP contribution in [0.4, 0.5) is 0 Å². The molecule has 4 heteroatoms. The number of halogens is 1. The normalized spacial score (nSPS) is 11.8. The van der Waals surface area contributed by atoms with E-state index in [1.807, 2.05) is 25.1 Å². The van der Waals surface area contributed by atoms with Gasteiger partial charge >= 0.3 is 0 Å². The number of rotatable bonds is 5. The topological polar surface area (TPSA) is 38.3 Å². The first kappa shape index (κ1) is 16.4. The molecule has 0 spiro atoms. The molecule has 0 heterocycles. The summed E-state index contributed by atoms with van der Waals surface area (Å²) < 4.78 is 5.43. The van der Waals surface area contributed by atoms with Gasteiger partial charge in [0.05, 0.1) is 11.1 Å². The summed E-state index contributed by atoms with van der Waals surface area (Å²) in [6.45, 7) is 6.03. The van der Waals surface area contributed by atoms with Crippen molar-refractivity contribution in [2.75, 3.05) is 6.61 Å². The minimum atomic E-state index is -0.175. The van der Waals surface area contributed by atoms with Crippen LogP contribution in [0.25, 0.3) is 0 Å². The molecule has 2 aromatic rings. The molecule has 0 aromatic heterocycles. The first-order valence-electron chi connectivity index (χ1n) is 7.21. The molecule has 0 aliphatic rings. The molecule has 0 aliphatic heterocycles. The van der Waals surface area contributed by atoms with Gasteiger partial charge in [-0.2, -0.15) is 0 Å². The first-order valence-corrected chi connectivity index (χ1v) is 7.59. The fraction of sp³-hybridized carbons (Fsp3) is 0.278. The van der Waals surface area contributed by atoms with Crippen molar-refractivity contribution in [1.29, 1.82) is 0 Å². The van der Waals surface area contributed by atoms with Crippen molar-refractivity contribution < 1.29 is 9.53 Å². The third-order valence-corrected chi connectivity index (χ3v) is 3.92. The second kappa shape index (κ2) is 7.32. The van der Waals surface area contributed by atoms with E-state index in [2.05, 4.69) is 31.3 Å². The molecule has 2 rings (SSSR count). The van der Waals surface area contributed by atoms with Crippen LogP contribution in [0.5, 0.6) is 5.75 Å². The van der Waals surface area contributed by atoms with Gasteiger partial charge in [-0.15, -0.1) is 0 Å². The van der Waals surface area contributed by atoms with Crippen LogP contribution in [-0.4, -0.2) is 12.5 Å². The third-order valence-electron chi connectivity index (χ3n) is 3.60. The predicted octanol–water partition coefficient (Wildman–Crippen LogP) is 4.21. The van der Waals surface area contributed by atoms with Crippen LogP contribution in [0.15, 0.2) is 42.5 Å². The highest BCUT2D eigenvalue weighted by molar-refractivity contribution is 6.32. The molecular weight excluding hydrogens is 298 g/mol. The van der Waals surface area contributed by atoms with Crippen molar-refractivity contribution in [3.63, 3.8) is 0 Å². The maximum atomic E-state index is 12.0. The van der Waals surface area contributed by atoms with E-state index in [1.54, 1.807) is 12.1 Å². The van der Waals surface area contributed by atoms with Crippen LogP contribution in [-0.2, 0) is 4.79 Å². The standard InChI is InChI=1S/C18H20ClNO2/c1-12-8-9-15(10-13(12)2)14(3)20-18(21)11-22-17-7-5-4-6-16(17)19/h4-10,14H,11H2,1-3H3,(H,20,21). The molecule has 22 heavy (non-hydrogen) atoms. The summed E-state index contributed by atoms with van der Waals surface area (Å²) >= 11 is 5.98. The second-order valence-electron chi connectivity index (χ2n) is 5.35. The molecule has 1 unspecified atom stereocenters. The Morgan fingerprint density at radius 2 is 1.91 bits per heavy atom. The lowest BCUT2D eigenvalue weighted by Gasteiger charge is -2.16. The van der Waals surface area contributed by atoms with Gasteiger partial charge in [0.25, 0.3) is 5.91 Å². The lowest BCUT2D eigenvalue weighted by Crippen LogP contribution is -2.31. The number of amides is 1. The van der Waals surface area contributed by atoms with E-state index in [-0.39, 0.29) is 18.6 Å². The minimum Gasteiger partial charge on any atom is -0.482 e. The zero-order valence-electron chi connectivity index (χ0n) is 13.0. The Hall–Kier alpha value is -2.00. The Kier molecular flexibility index (Phi) is 5.45. The molecule has 0 bridgehead atoms. The largest absolute Gasteiger partial charge is 0.482 e. The third kappa shape index (κ3) is 4.25. The number of hydrogen-bond donors (Lipinski definition) is 1. The smallest absolute Gasteiger partial charge is 0.258 e. The summed E-state index contributed by atoms with van der Waals surface area (Å²) in [6.07, 6.45) is 0. The van der Waals surface area contributed by atoms with Crippen LogP contribution >= 0.6 is 11.6 Å². The maximum Gasteiger partial charge on any atom is 0.258 e. The van der Waals surface area contributed by atoms with Crippen LogP contribution < -0.4 is 10.1 Å². The van der Waals surface area contributed by atoms with E-state index in [0.717, 1.165) is 5.56 Å². The molecule has 116 valence electrons. The lowest BCUT2D eigenvalue weighted by molar-refractivity contribution is -0.123. The molecule has 1 atom stereocenters. The van der Waals surface area contributed by atoms with Gasteiger partial charge in [-0.1, -0.05) is 41.9 Å². The Morgan fingerprint density at radius 1 is 1.18 bits per heavy atom. The SMILES string of the molecule is Cc1ccc(C(C)NC(=O)COc2ccccc2Cl)cc1C. The highest BCUT2D eigenvalue weighted by Crippen LogP contribution is 2.23. The molecule has 3 nitrogen and oxygen atoms in total. The van der Waals surface area contributed by atoms with E-state index in [9.17, 15) is 4.79 Å². The highest BCUT2D eigenvalue weighted by Gasteiger charge is 2.11. The fourth-order valence-electron chi connectivity index (χ4n) is 2.11. The van der Waals surface area contributed by atoms with E-state index >= 15 is 0 Å². The van der Waals surface area contributed by atoms with Gasteiger partial charge in [0.1, 0.15) is 5.75 Å². The van der Waals surface area contributed by atoms with Crippen molar-refractivity contribution in [3.05, 3.63) is 64.2 Å². The molecule has 1 amide bonds. The van der Waals surface area contributed by atoms with Crippen LogP contribution in [0.3, 0.4) is 0 Å². The molecule has 1 N–H and O–H groups in total. The van der Waals surface area contributed by atoms with E-state index in [0.29, 0.717) is 10.8 Å². The minimum absolute atomic E-state index is 0.0566. The number of benzene rings is 2. The van der Waals surface area contributed by atoms with Gasteiger partial charge < -0.3 is 10.1 Å². The number of nitrogens with one attached hydrogen (secondary N) is 1. The maximum absolute atomic E-state index is 12.0. The van der Waals surface area contributed by atoms with Crippen LogP contribution in [0.1, 0.15) is 29.7 Å². The van der Waals surface area contributed by atoms with E-state index in [1.165, 1.54) is 11.1 Å². The molecule has 0 saturated heterocycles. The Bertz CT molecular complexity index is 670. The Balaban J connectivity index is 1.91. The predicted molar refractivity (Wildman–Crippen MR) is 89.4 cm³/mol. The zero-order chi connectivity index (χ0) is 16.1. The van der Waals surface area contributed by atoms with Crippen molar-refractivity contribution in [3.8, 4) is 5.75 Å². The Morgan fingerprint density at radius 3 is 2.59 bits per heavy atom. The monoisotopic (exact) mass is 317 g/mol. The number of hydrogen-bond acceptors (Lipinski definition) is 2. The molecule has 0 aliphatic carbocycles. The molecule has 0 fully saturated rings. The lowest BCUT2D eigenvalue weighted by atomic mass is 10.0. The summed E-state index contributed by atoms with van der Waals surface area (Å²) in [5.41, 5.74) is 3.53. The molecule has 2 aromatic carbocycles. The highest BCUT2D eigenvalue weighted by atomic mass is 35.5. The van der Waals surface area contributed by atoms with Gasteiger partial charge in [0.2, 0.25) is 0 Å². The summed E-state index contributed by atoms with van der Waals surface area (Å²) in [6, 6.07) is 13.2. The summed E-state index contributed by atoms with van der Waals surface area (Å²) in [7, 11) is 0. The van der Waals surface area contributed by atoms with Crippen molar-refractivity contribution in [2.24, 2.45) is 0 Å². The van der Waals surface area contributed by atoms with Gasteiger partial charge in [-0.05, 0) is 49.6 Å². The average Bonchev–Trinajstić information content (AvgIpc) is 2.49. The van der Waals surface area contributed by atoms with Gasteiger partial charge in [0, 0.05) is 0 Å². The number of carbonyl (C=O) groups is 1. The van der Waals surface area contributed by atoms with Crippen molar-refractivity contribution >= 4 is 17.5 Å². The number of ether oxygens (including phenoxy) is 1. The van der Waals surface area contributed by atoms with Crippen LogP contribution in [0, 0.1) is 13.8 Å². The molecule has 0 saturated carbocycles.